The molecular weight excluding hydrogens is 428 g/mol. The van der Waals surface area contributed by atoms with Crippen LogP contribution in [0.2, 0.25) is 0 Å². The summed E-state index contributed by atoms with van der Waals surface area (Å²) in [6.07, 6.45) is 20.3. The Labute approximate surface area is 213 Å². The van der Waals surface area contributed by atoms with Gasteiger partial charge in [0.2, 0.25) is 0 Å². The van der Waals surface area contributed by atoms with Crippen molar-refractivity contribution in [2.75, 3.05) is 4.90 Å². The minimum absolute atomic E-state index is 0.698. The highest BCUT2D eigenvalue weighted by atomic mass is 15.3. The second-order valence-electron chi connectivity index (χ2n) is 9.92. The van der Waals surface area contributed by atoms with E-state index in [1.54, 1.807) is 0 Å². The molecule has 1 heterocycles. The van der Waals surface area contributed by atoms with Crippen molar-refractivity contribution in [2.45, 2.75) is 110 Å². The number of unbranched alkanes of at least 4 members (excludes halogenated alkanes) is 10. The quantitative estimate of drug-likeness (QED) is 0.187. The van der Waals surface area contributed by atoms with E-state index in [9.17, 15) is 0 Å². The normalized spacial score (nSPS) is 11.1. The predicted octanol–water partition coefficient (Wildman–Crippen LogP) is 8.95. The van der Waals surface area contributed by atoms with Crippen molar-refractivity contribution in [1.82, 2.24) is 15.4 Å². The van der Waals surface area contributed by atoms with Crippen LogP contribution in [0.25, 0.3) is 0 Å². The van der Waals surface area contributed by atoms with Gasteiger partial charge in [0, 0.05) is 11.4 Å². The van der Waals surface area contributed by atoms with E-state index >= 15 is 0 Å². The van der Waals surface area contributed by atoms with Crippen molar-refractivity contribution in [2.24, 2.45) is 0 Å². The molecule has 0 bridgehead atoms. The smallest absolute Gasteiger partial charge is 0.102 e. The van der Waals surface area contributed by atoms with Gasteiger partial charge in [-0.05, 0) is 61.1 Å². The average molecular weight is 475 g/mol. The van der Waals surface area contributed by atoms with Crippen molar-refractivity contribution in [3.8, 4) is 0 Å². The van der Waals surface area contributed by atoms with Crippen LogP contribution in [-0.2, 0) is 19.4 Å². The van der Waals surface area contributed by atoms with Gasteiger partial charge in [-0.1, -0.05) is 102 Å². The van der Waals surface area contributed by atoms with Crippen molar-refractivity contribution < 1.29 is 0 Å². The number of aromatic amines is 1. The fourth-order valence-corrected chi connectivity index (χ4v) is 4.70. The molecule has 0 aliphatic carbocycles. The van der Waals surface area contributed by atoms with Gasteiger partial charge in [0.05, 0.1) is 12.7 Å². The Bertz CT molecular complexity index is 841. The summed E-state index contributed by atoms with van der Waals surface area (Å²) < 4.78 is 0. The lowest BCUT2D eigenvalue weighted by atomic mass is 10.0. The minimum atomic E-state index is 0.698. The summed E-state index contributed by atoms with van der Waals surface area (Å²) in [6, 6.07) is 18.2. The Kier molecular flexibility index (Phi) is 12.4. The van der Waals surface area contributed by atoms with E-state index in [0.29, 0.717) is 6.54 Å². The first kappa shape index (κ1) is 27.0. The second-order valence-corrected chi connectivity index (χ2v) is 9.92. The number of rotatable bonds is 18. The minimum Gasteiger partial charge on any atom is -0.335 e. The molecule has 0 aliphatic heterocycles. The second kappa shape index (κ2) is 16.1. The van der Waals surface area contributed by atoms with Gasteiger partial charge in [0.25, 0.3) is 0 Å². The molecule has 0 spiro atoms. The van der Waals surface area contributed by atoms with Gasteiger partial charge < -0.3 is 4.90 Å². The van der Waals surface area contributed by atoms with Crippen molar-refractivity contribution in [3.63, 3.8) is 0 Å². The molecule has 3 aromatic rings. The summed E-state index contributed by atoms with van der Waals surface area (Å²) in [7, 11) is 0. The average Bonchev–Trinajstić information content (AvgIpc) is 3.41. The van der Waals surface area contributed by atoms with Gasteiger partial charge in [-0.25, -0.2) is 0 Å². The Morgan fingerprint density at radius 3 is 1.49 bits per heavy atom. The van der Waals surface area contributed by atoms with Gasteiger partial charge >= 0.3 is 0 Å². The number of hydrogen-bond donors (Lipinski definition) is 1. The van der Waals surface area contributed by atoms with Crippen LogP contribution in [0, 0.1) is 0 Å². The Morgan fingerprint density at radius 2 is 1.06 bits per heavy atom. The highest BCUT2D eigenvalue weighted by Crippen LogP contribution is 2.28. The first-order valence-electron chi connectivity index (χ1n) is 14.1. The summed E-state index contributed by atoms with van der Waals surface area (Å²) in [5.74, 6) is 0. The van der Waals surface area contributed by atoms with Gasteiger partial charge in [-0.15, -0.1) is 0 Å². The number of nitrogens with one attached hydrogen (secondary N) is 1. The zero-order chi connectivity index (χ0) is 24.6. The van der Waals surface area contributed by atoms with E-state index in [1.807, 2.05) is 6.20 Å². The van der Waals surface area contributed by atoms with Crippen LogP contribution in [0.3, 0.4) is 0 Å². The third-order valence-electron chi connectivity index (χ3n) is 6.92. The molecule has 1 aromatic heterocycles. The number of benzene rings is 2. The zero-order valence-electron chi connectivity index (χ0n) is 22.1. The molecule has 0 saturated heterocycles. The maximum Gasteiger partial charge on any atom is 0.102 e. The lowest BCUT2D eigenvalue weighted by Crippen LogP contribution is -2.16. The van der Waals surface area contributed by atoms with E-state index in [4.69, 9.17) is 0 Å². The monoisotopic (exact) mass is 474 g/mol. The molecule has 0 atom stereocenters. The van der Waals surface area contributed by atoms with Crippen molar-refractivity contribution in [1.29, 1.82) is 0 Å². The largest absolute Gasteiger partial charge is 0.335 e. The number of aromatic nitrogens is 3. The van der Waals surface area contributed by atoms with Crippen LogP contribution in [0.4, 0.5) is 11.4 Å². The Morgan fingerprint density at radius 1 is 0.600 bits per heavy atom. The molecule has 1 N–H and O–H groups in total. The lowest BCUT2D eigenvalue weighted by Gasteiger charge is -2.24. The first-order valence-corrected chi connectivity index (χ1v) is 14.1. The van der Waals surface area contributed by atoms with Gasteiger partial charge in [-0.2, -0.15) is 15.4 Å². The number of H-pyrrole nitrogens is 1. The molecule has 0 aliphatic rings. The summed E-state index contributed by atoms with van der Waals surface area (Å²) in [6.45, 7) is 5.25. The molecular formula is C31H46N4. The van der Waals surface area contributed by atoms with Crippen LogP contribution in [-0.4, -0.2) is 15.4 Å². The molecule has 0 radical (unpaired) electrons. The number of nitrogens with zero attached hydrogens (tertiary/aromatic N) is 3. The number of aryl methyl sites for hydroxylation is 2. The molecule has 0 fully saturated rings. The molecule has 4 nitrogen and oxygen atoms in total. The first-order chi connectivity index (χ1) is 17.3. The Hall–Kier alpha value is -2.62. The molecule has 190 valence electrons. The summed E-state index contributed by atoms with van der Waals surface area (Å²) in [4.78, 5) is 2.33. The molecule has 0 saturated carbocycles. The highest BCUT2D eigenvalue weighted by Gasteiger charge is 2.12. The summed E-state index contributed by atoms with van der Waals surface area (Å²) in [5, 5.41) is 11.1. The van der Waals surface area contributed by atoms with Crippen LogP contribution >= 0.6 is 0 Å². The molecule has 3 rings (SSSR count). The van der Waals surface area contributed by atoms with Crippen LogP contribution < -0.4 is 4.90 Å². The van der Waals surface area contributed by atoms with E-state index in [0.717, 1.165) is 5.69 Å². The highest BCUT2D eigenvalue weighted by molar-refractivity contribution is 5.63. The van der Waals surface area contributed by atoms with E-state index < -0.39 is 0 Å². The van der Waals surface area contributed by atoms with Gasteiger partial charge in [0.1, 0.15) is 5.69 Å². The SMILES string of the molecule is CCCCCCCCc1ccc(N(Cc2cn[nH]n2)c2ccc(CCCCCCCC)cc2)cc1. The molecule has 4 heteroatoms. The molecule has 2 aromatic carbocycles. The van der Waals surface area contributed by atoms with Crippen molar-refractivity contribution >= 4 is 11.4 Å². The Balaban J connectivity index is 1.58. The maximum atomic E-state index is 4.31. The summed E-state index contributed by atoms with van der Waals surface area (Å²) in [5.41, 5.74) is 6.20. The topological polar surface area (TPSA) is 44.8 Å². The summed E-state index contributed by atoms with van der Waals surface area (Å²) >= 11 is 0. The van der Waals surface area contributed by atoms with Gasteiger partial charge in [0.15, 0.2) is 0 Å². The number of anilines is 2. The maximum absolute atomic E-state index is 4.31. The third kappa shape index (κ3) is 9.87. The van der Waals surface area contributed by atoms with Crippen molar-refractivity contribution in [3.05, 3.63) is 71.5 Å². The van der Waals surface area contributed by atoms with E-state index in [2.05, 4.69) is 82.7 Å². The van der Waals surface area contributed by atoms with Crippen LogP contribution in [0.5, 0.6) is 0 Å². The molecule has 0 amide bonds. The number of hydrogen-bond acceptors (Lipinski definition) is 3. The molecule has 0 unspecified atom stereocenters. The fraction of sp³-hybridized carbons (Fsp3) is 0.548. The standard InChI is InChI=1S/C31H46N4/c1-3-5-7-9-11-13-15-27-17-21-30(22-18-27)35(26-29-25-32-34-33-29)31-23-19-28(20-24-31)16-14-12-10-8-6-4-2/h17-25H,3-16,26H2,1-2H3,(H,32,33,34). The van der Waals surface area contributed by atoms with Crippen LogP contribution in [0.15, 0.2) is 54.7 Å². The molecule has 35 heavy (non-hydrogen) atoms. The van der Waals surface area contributed by atoms with Gasteiger partial charge in [-0.3, -0.25) is 0 Å². The fourth-order valence-electron chi connectivity index (χ4n) is 4.70. The van der Waals surface area contributed by atoms with Crippen LogP contribution in [0.1, 0.15) is 108 Å². The predicted molar refractivity (Wildman–Crippen MR) is 149 cm³/mol. The third-order valence-corrected chi connectivity index (χ3v) is 6.92. The van der Waals surface area contributed by atoms with E-state index in [1.165, 1.54) is 112 Å². The van der Waals surface area contributed by atoms with E-state index in [-0.39, 0.29) is 0 Å². The zero-order valence-corrected chi connectivity index (χ0v) is 22.1. The lowest BCUT2D eigenvalue weighted by molar-refractivity contribution is 0.607.